The molecule has 0 spiro atoms. The Bertz CT molecular complexity index is 709. The van der Waals surface area contributed by atoms with E-state index in [1.807, 2.05) is 28.9 Å². The minimum atomic E-state index is -0.159. The first kappa shape index (κ1) is 19.5. The first-order chi connectivity index (χ1) is 13.6. The number of nitrogens with zero attached hydrogens (tertiary/aromatic N) is 2. The molecule has 2 amide bonds. The molecule has 6 nitrogen and oxygen atoms in total. The number of ether oxygens (including phenoxy) is 1. The lowest BCUT2D eigenvalue weighted by atomic mass is 9.83. The van der Waals surface area contributed by atoms with Crippen LogP contribution in [-0.2, 0) is 11.2 Å². The van der Waals surface area contributed by atoms with E-state index in [9.17, 15) is 9.90 Å². The smallest absolute Gasteiger partial charge is 0.319 e. The third-order valence-electron chi connectivity index (χ3n) is 6.79. The van der Waals surface area contributed by atoms with Crippen molar-refractivity contribution in [2.24, 2.45) is 11.7 Å². The van der Waals surface area contributed by atoms with Gasteiger partial charge in [-0.05, 0) is 56.1 Å². The summed E-state index contributed by atoms with van der Waals surface area (Å²) in [5.74, 6) is 0.787. The Kier molecular flexibility index (Phi) is 5.78. The summed E-state index contributed by atoms with van der Waals surface area (Å²) >= 11 is 0. The Balaban J connectivity index is 1.40. The lowest BCUT2D eigenvalue weighted by molar-refractivity contribution is -0.0632. The first-order valence-electron chi connectivity index (χ1n) is 10.8. The number of hydrogen-bond acceptors (Lipinski definition) is 4. The predicted molar refractivity (Wildman–Crippen MR) is 108 cm³/mol. The summed E-state index contributed by atoms with van der Waals surface area (Å²) in [6.07, 6.45) is 6.01. The van der Waals surface area contributed by atoms with Crippen LogP contribution >= 0.6 is 0 Å². The third-order valence-corrected chi connectivity index (χ3v) is 6.79. The number of fused-ring (bicyclic) bond motifs is 1. The number of phenols is 1. The Morgan fingerprint density at radius 3 is 2.50 bits per heavy atom. The second kappa shape index (κ2) is 8.29. The van der Waals surface area contributed by atoms with Gasteiger partial charge in [0.2, 0.25) is 0 Å². The van der Waals surface area contributed by atoms with Gasteiger partial charge in [0.1, 0.15) is 5.75 Å². The van der Waals surface area contributed by atoms with E-state index in [-0.39, 0.29) is 18.2 Å². The van der Waals surface area contributed by atoms with E-state index in [0.29, 0.717) is 18.2 Å². The molecule has 2 fully saturated rings. The quantitative estimate of drug-likeness (QED) is 0.818. The minimum Gasteiger partial charge on any atom is -0.507 e. The van der Waals surface area contributed by atoms with Crippen LogP contribution < -0.4 is 5.73 Å². The summed E-state index contributed by atoms with van der Waals surface area (Å²) in [4.78, 5) is 16.8. The Labute approximate surface area is 167 Å². The molecule has 3 aliphatic heterocycles. The summed E-state index contributed by atoms with van der Waals surface area (Å²) in [6, 6.07) is 4.18. The van der Waals surface area contributed by atoms with Crippen molar-refractivity contribution >= 4 is 6.03 Å². The van der Waals surface area contributed by atoms with Crippen molar-refractivity contribution in [1.82, 2.24) is 9.80 Å². The number of urea groups is 1. The molecule has 28 heavy (non-hydrogen) atoms. The van der Waals surface area contributed by atoms with Crippen LogP contribution in [0.1, 0.15) is 54.9 Å². The van der Waals surface area contributed by atoms with Crippen LogP contribution in [0.15, 0.2) is 12.1 Å². The molecular weight excluding hydrogens is 354 g/mol. The van der Waals surface area contributed by atoms with Gasteiger partial charge in [-0.15, -0.1) is 0 Å². The molecule has 3 aliphatic rings. The normalized spacial score (nSPS) is 26.2. The van der Waals surface area contributed by atoms with Crippen LogP contribution in [0.25, 0.3) is 0 Å². The van der Waals surface area contributed by atoms with E-state index in [2.05, 4.69) is 0 Å². The van der Waals surface area contributed by atoms with Crippen molar-refractivity contribution in [1.29, 1.82) is 0 Å². The van der Waals surface area contributed by atoms with Gasteiger partial charge in [0, 0.05) is 44.7 Å². The molecule has 0 aliphatic carbocycles. The SMILES string of the molecule is Cc1ccc2c(c1O)C[C@@H](C1CCN(C(=O)N3CCCCC3)CC1)O[C@H]2CN. The number of aromatic hydroxyl groups is 1. The van der Waals surface area contributed by atoms with E-state index < -0.39 is 0 Å². The lowest BCUT2D eigenvalue weighted by Crippen LogP contribution is -2.50. The van der Waals surface area contributed by atoms with Crippen LogP contribution in [0.4, 0.5) is 4.79 Å². The number of benzene rings is 1. The number of likely N-dealkylation sites (tertiary alicyclic amines) is 2. The average molecular weight is 388 g/mol. The molecule has 0 unspecified atom stereocenters. The standard InChI is InChI=1S/C22H33N3O3/c1-15-5-6-17-18(21(15)26)13-19(28-20(17)14-23)16-7-11-25(12-8-16)22(27)24-9-3-2-4-10-24/h5-6,16,19-20,26H,2-4,7-14,23H2,1H3/t19-,20-/m0/s1. The van der Waals surface area contributed by atoms with E-state index >= 15 is 0 Å². The molecule has 3 heterocycles. The molecule has 3 N–H and O–H groups in total. The molecule has 154 valence electrons. The highest BCUT2D eigenvalue weighted by Gasteiger charge is 2.36. The number of phenolic OH excluding ortho intramolecular Hbond substituents is 1. The molecule has 6 heteroatoms. The molecule has 0 aromatic heterocycles. The van der Waals surface area contributed by atoms with Crippen molar-refractivity contribution in [3.8, 4) is 5.75 Å². The number of carbonyl (C=O) groups is 1. The number of hydrogen-bond donors (Lipinski definition) is 2. The van der Waals surface area contributed by atoms with Crippen LogP contribution in [0.3, 0.4) is 0 Å². The fourth-order valence-corrected chi connectivity index (χ4v) is 5.03. The number of nitrogens with two attached hydrogens (primary N) is 1. The summed E-state index contributed by atoms with van der Waals surface area (Å²) in [5, 5.41) is 10.6. The van der Waals surface area contributed by atoms with E-state index in [1.54, 1.807) is 0 Å². The topological polar surface area (TPSA) is 79.0 Å². The zero-order valence-electron chi connectivity index (χ0n) is 16.9. The van der Waals surface area contributed by atoms with Crippen molar-refractivity contribution in [3.05, 3.63) is 28.8 Å². The van der Waals surface area contributed by atoms with E-state index in [1.165, 1.54) is 6.42 Å². The highest BCUT2D eigenvalue weighted by atomic mass is 16.5. The second-order valence-corrected chi connectivity index (χ2v) is 8.56. The monoisotopic (exact) mass is 387 g/mol. The van der Waals surface area contributed by atoms with Gasteiger partial charge in [-0.1, -0.05) is 12.1 Å². The molecular formula is C22H33N3O3. The third kappa shape index (κ3) is 3.72. The Hall–Kier alpha value is -1.79. The van der Waals surface area contributed by atoms with Crippen molar-refractivity contribution in [3.63, 3.8) is 0 Å². The predicted octanol–water partition coefficient (Wildman–Crippen LogP) is 2.96. The molecule has 0 saturated carbocycles. The molecule has 0 radical (unpaired) electrons. The van der Waals surface area contributed by atoms with Gasteiger partial charge >= 0.3 is 6.03 Å². The van der Waals surface area contributed by atoms with E-state index in [4.69, 9.17) is 10.5 Å². The van der Waals surface area contributed by atoms with Gasteiger partial charge in [-0.3, -0.25) is 0 Å². The van der Waals surface area contributed by atoms with Crippen LogP contribution in [0.5, 0.6) is 5.75 Å². The second-order valence-electron chi connectivity index (χ2n) is 8.56. The summed E-state index contributed by atoms with van der Waals surface area (Å²) < 4.78 is 6.36. The summed E-state index contributed by atoms with van der Waals surface area (Å²) in [5.41, 5.74) is 8.90. The maximum atomic E-state index is 12.8. The molecule has 1 aromatic rings. The van der Waals surface area contributed by atoms with Crippen LogP contribution in [0.2, 0.25) is 0 Å². The van der Waals surface area contributed by atoms with Crippen LogP contribution in [-0.4, -0.2) is 59.8 Å². The fraction of sp³-hybridized carbons (Fsp3) is 0.682. The van der Waals surface area contributed by atoms with Gasteiger partial charge in [-0.25, -0.2) is 4.79 Å². The summed E-state index contributed by atoms with van der Waals surface area (Å²) in [6.45, 7) is 5.73. The van der Waals surface area contributed by atoms with Gasteiger partial charge < -0.3 is 25.4 Å². The van der Waals surface area contributed by atoms with Crippen molar-refractivity contribution in [2.45, 2.75) is 57.7 Å². The molecule has 2 saturated heterocycles. The van der Waals surface area contributed by atoms with Crippen molar-refractivity contribution in [2.75, 3.05) is 32.7 Å². The average Bonchev–Trinajstić information content (AvgIpc) is 2.76. The van der Waals surface area contributed by atoms with Crippen molar-refractivity contribution < 1.29 is 14.6 Å². The summed E-state index contributed by atoms with van der Waals surface area (Å²) in [7, 11) is 0. The van der Waals surface area contributed by atoms with Gasteiger partial charge in [0.05, 0.1) is 12.2 Å². The molecule has 0 bridgehead atoms. The Morgan fingerprint density at radius 1 is 1.14 bits per heavy atom. The number of rotatable bonds is 2. The zero-order valence-corrected chi connectivity index (χ0v) is 16.9. The number of piperidine rings is 2. The molecule has 1 aromatic carbocycles. The number of amides is 2. The van der Waals surface area contributed by atoms with Crippen LogP contribution in [0, 0.1) is 12.8 Å². The highest BCUT2D eigenvalue weighted by molar-refractivity contribution is 5.74. The maximum Gasteiger partial charge on any atom is 0.319 e. The maximum absolute atomic E-state index is 12.8. The lowest BCUT2D eigenvalue weighted by Gasteiger charge is -2.41. The molecule has 2 atom stereocenters. The molecule has 4 rings (SSSR count). The highest BCUT2D eigenvalue weighted by Crippen LogP contribution is 2.40. The zero-order chi connectivity index (χ0) is 19.7. The Morgan fingerprint density at radius 2 is 1.82 bits per heavy atom. The first-order valence-corrected chi connectivity index (χ1v) is 10.8. The fourth-order valence-electron chi connectivity index (χ4n) is 5.03. The largest absolute Gasteiger partial charge is 0.507 e. The minimum absolute atomic E-state index is 0.0565. The number of carbonyl (C=O) groups excluding carboxylic acids is 1. The van der Waals surface area contributed by atoms with Gasteiger partial charge in [-0.2, -0.15) is 0 Å². The van der Waals surface area contributed by atoms with Gasteiger partial charge in [0.25, 0.3) is 0 Å². The van der Waals surface area contributed by atoms with E-state index in [0.717, 1.165) is 75.0 Å². The number of aryl methyl sites for hydroxylation is 1. The van der Waals surface area contributed by atoms with Gasteiger partial charge in [0.15, 0.2) is 0 Å².